The van der Waals surface area contributed by atoms with Crippen molar-refractivity contribution in [3.8, 4) is 22.5 Å². The van der Waals surface area contributed by atoms with Crippen molar-refractivity contribution in [3.05, 3.63) is 166 Å². The van der Waals surface area contributed by atoms with Gasteiger partial charge < -0.3 is 11.5 Å². The SMILES string of the molecule is CC(c1ccc2ncccc2c1)n1nnc2ccc(-c3ccc(C(N)=O)c(Cl)c3)nc21.CC(c1ccc2ncccc2c1)n1nnc2ccc(-c3ccc(C(N)=O)c(Cl)c3)nc21. The van der Waals surface area contributed by atoms with Crippen molar-refractivity contribution >= 4 is 79.1 Å². The molecule has 0 aliphatic rings. The topological polar surface area (TPSA) is 199 Å². The van der Waals surface area contributed by atoms with E-state index < -0.39 is 11.8 Å². The lowest BCUT2D eigenvalue weighted by Gasteiger charge is -2.13. The molecule has 4 aromatic carbocycles. The van der Waals surface area contributed by atoms with Crippen LogP contribution in [-0.2, 0) is 0 Å². The second-order valence-electron chi connectivity index (χ2n) is 14.5. The minimum absolute atomic E-state index is 0.0850. The molecule has 62 heavy (non-hydrogen) atoms. The second kappa shape index (κ2) is 16.4. The first kappa shape index (κ1) is 39.8. The molecule has 304 valence electrons. The van der Waals surface area contributed by atoms with Gasteiger partial charge in [0.2, 0.25) is 11.8 Å². The maximum atomic E-state index is 11.4. The molecule has 10 rings (SSSR count). The molecule has 2 atom stereocenters. The van der Waals surface area contributed by atoms with Gasteiger partial charge in [-0.3, -0.25) is 19.6 Å². The predicted molar refractivity (Wildman–Crippen MR) is 240 cm³/mol. The summed E-state index contributed by atoms with van der Waals surface area (Å²) >= 11 is 12.4. The van der Waals surface area contributed by atoms with Crippen LogP contribution in [-0.4, -0.2) is 61.7 Å². The molecule has 2 unspecified atom stereocenters. The van der Waals surface area contributed by atoms with Crippen LogP contribution in [0.3, 0.4) is 0 Å². The molecule has 6 aromatic heterocycles. The molecular formula is C46H34Cl2N12O2. The third-order valence-electron chi connectivity index (χ3n) is 10.7. The average molecular weight is 858 g/mol. The molecule has 0 spiro atoms. The molecule has 2 amide bonds. The van der Waals surface area contributed by atoms with Crippen LogP contribution in [0.5, 0.6) is 0 Å². The van der Waals surface area contributed by atoms with E-state index in [1.165, 1.54) is 0 Å². The van der Waals surface area contributed by atoms with E-state index in [4.69, 9.17) is 44.6 Å². The summed E-state index contributed by atoms with van der Waals surface area (Å²) in [4.78, 5) is 41.2. The average Bonchev–Trinajstić information content (AvgIpc) is 3.92. The maximum Gasteiger partial charge on any atom is 0.250 e. The molecule has 16 heteroatoms. The van der Waals surface area contributed by atoms with Crippen molar-refractivity contribution < 1.29 is 9.59 Å². The fourth-order valence-corrected chi connectivity index (χ4v) is 7.78. The number of carbonyl (C=O) groups excluding carboxylic acids is 2. The Hall–Kier alpha value is -7.68. The monoisotopic (exact) mass is 856 g/mol. The Morgan fingerprint density at radius 2 is 0.952 bits per heavy atom. The van der Waals surface area contributed by atoms with Gasteiger partial charge in [0.05, 0.1) is 55.7 Å². The van der Waals surface area contributed by atoms with E-state index in [0.29, 0.717) is 33.7 Å². The molecule has 0 saturated carbocycles. The van der Waals surface area contributed by atoms with E-state index in [1.807, 2.05) is 72.8 Å². The third-order valence-corrected chi connectivity index (χ3v) is 11.3. The number of halogens is 2. The van der Waals surface area contributed by atoms with E-state index in [2.05, 4.69) is 56.6 Å². The van der Waals surface area contributed by atoms with E-state index >= 15 is 0 Å². The maximum absolute atomic E-state index is 11.4. The van der Waals surface area contributed by atoms with E-state index in [9.17, 15) is 9.59 Å². The summed E-state index contributed by atoms with van der Waals surface area (Å²) in [6.07, 6.45) is 3.56. The van der Waals surface area contributed by atoms with E-state index in [1.54, 1.807) is 58.2 Å². The van der Waals surface area contributed by atoms with Gasteiger partial charge in [0.25, 0.3) is 0 Å². The minimum atomic E-state index is -0.568. The van der Waals surface area contributed by atoms with Gasteiger partial charge in [0, 0.05) is 34.3 Å². The van der Waals surface area contributed by atoms with Crippen LogP contribution in [0.1, 0.15) is 57.8 Å². The van der Waals surface area contributed by atoms with Gasteiger partial charge in [-0.2, -0.15) is 0 Å². The fraction of sp³-hybridized carbons (Fsp3) is 0.0870. The zero-order valence-electron chi connectivity index (χ0n) is 33.1. The number of nitrogens with zero attached hydrogens (tertiary/aromatic N) is 10. The van der Waals surface area contributed by atoms with Crippen molar-refractivity contribution in [2.45, 2.75) is 25.9 Å². The summed E-state index contributed by atoms with van der Waals surface area (Å²) in [5.41, 5.74) is 20.9. The number of pyridine rings is 4. The molecule has 0 fully saturated rings. The number of primary amides is 2. The lowest BCUT2D eigenvalue weighted by Crippen LogP contribution is -2.11. The van der Waals surface area contributed by atoms with Crippen molar-refractivity contribution in [1.82, 2.24) is 49.9 Å². The summed E-state index contributed by atoms with van der Waals surface area (Å²) in [5, 5.41) is 19.9. The highest BCUT2D eigenvalue weighted by Crippen LogP contribution is 2.30. The quantitative estimate of drug-likeness (QED) is 0.149. The Balaban J connectivity index is 0.000000158. The van der Waals surface area contributed by atoms with Crippen molar-refractivity contribution in [1.29, 1.82) is 0 Å². The van der Waals surface area contributed by atoms with Gasteiger partial charge in [-0.25, -0.2) is 19.3 Å². The molecule has 14 nitrogen and oxygen atoms in total. The summed E-state index contributed by atoms with van der Waals surface area (Å²) in [6, 6.07) is 37.6. The molecule has 0 bridgehead atoms. The first-order valence-electron chi connectivity index (χ1n) is 19.3. The van der Waals surface area contributed by atoms with E-state index in [-0.39, 0.29) is 33.3 Å². The fourth-order valence-electron chi connectivity index (χ4n) is 7.23. The number of carbonyl (C=O) groups is 2. The molecule has 0 radical (unpaired) electrons. The van der Waals surface area contributed by atoms with Crippen LogP contribution in [0.4, 0.5) is 0 Å². The van der Waals surface area contributed by atoms with Crippen molar-refractivity contribution in [3.63, 3.8) is 0 Å². The Kier molecular flexibility index (Phi) is 10.5. The van der Waals surface area contributed by atoms with Gasteiger partial charge in [-0.1, -0.05) is 70.0 Å². The number of amides is 2. The second-order valence-corrected chi connectivity index (χ2v) is 15.3. The Bertz CT molecular complexity index is 3150. The van der Waals surface area contributed by atoms with Crippen LogP contribution < -0.4 is 11.5 Å². The van der Waals surface area contributed by atoms with Crippen LogP contribution in [0.15, 0.2) is 134 Å². The molecule has 6 heterocycles. The molecule has 10 aromatic rings. The van der Waals surface area contributed by atoms with Crippen molar-refractivity contribution in [2.75, 3.05) is 0 Å². The summed E-state index contributed by atoms with van der Waals surface area (Å²) in [6.45, 7) is 4.11. The lowest BCUT2D eigenvalue weighted by atomic mass is 10.1. The molecule has 4 N–H and O–H groups in total. The number of hydrogen-bond donors (Lipinski definition) is 2. The summed E-state index contributed by atoms with van der Waals surface area (Å²) in [7, 11) is 0. The Morgan fingerprint density at radius 3 is 1.35 bits per heavy atom. The zero-order valence-corrected chi connectivity index (χ0v) is 34.6. The highest BCUT2D eigenvalue weighted by Gasteiger charge is 2.19. The van der Waals surface area contributed by atoms with Gasteiger partial charge in [0.1, 0.15) is 11.0 Å². The zero-order chi connectivity index (χ0) is 43.1. The predicted octanol–water partition coefficient (Wildman–Crippen LogP) is 8.81. The third kappa shape index (κ3) is 7.64. The normalized spacial score (nSPS) is 12.3. The molecule has 0 saturated heterocycles. The number of hydrogen-bond acceptors (Lipinski definition) is 10. The highest BCUT2D eigenvalue weighted by molar-refractivity contribution is 6.34. The van der Waals surface area contributed by atoms with Gasteiger partial charge in [0.15, 0.2) is 11.3 Å². The van der Waals surface area contributed by atoms with Crippen LogP contribution >= 0.6 is 23.2 Å². The molecule has 0 aliphatic heterocycles. The lowest BCUT2D eigenvalue weighted by molar-refractivity contribution is 0.0992. The molecular weight excluding hydrogens is 823 g/mol. The Morgan fingerprint density at radius 1 is 0.532 bits per heavy atom. The van der Waals surface area contributed by atoms with Gasteiger partial charge in [-0.05, 0) is 110 Å². The number of benzene rings is 4. The standard InChI is InChI=1S/2C23H17ClN6O/c2*1-13(14-5-7-19-15(11-14)3-2-10-26-19)30-23-21(28-29-30)9-8-20(27-23)16-4-6-17(22(25)31)18(24)12-16/h2*2-13H,1H3,(H2,25,31). The molecule has 0 aliphatic carbocycles. The van der Waals surface area contributed by atoms with Crippen LogP contribution in [0.2, 0.25) is 10.0 Å². The van der Waals surface area contributed by atoms with Gasteiger partial charge >= 0.3 is 0 Å². The van der Waals surface area contributed by atoms with E-state index in [0.717, 1.165) is 44.1 Å². The summed E-state index contributed by atoms with van der Waals surface area (Å²) in [5.74, 6) is -1.14. The van der Waals surface area contributed by atoms with Crippen LogP contribution in [0, 0.1) is 0 Å². The first-order valence-corrected chi connectivity index (χ1v) is 20.1. The minimum Gasteiger partial charge on any atom is -0.366 e. The smallest absolute Gasteiger partial charge is 0.250 e. The Labute approximate surface area is 363 Å². The number of rotatable bonds is 8. The number of fused-ring (bicyclic) bond motifs is 4. The van der Waals surface area contributed by atoms with Crippen molar-refractivity contribution in [2.24, 2.45) is 11.5 Å². The van der Waals surface area contributed by atoms with Gasteiger partial charge in [-0.15, -0.1) is 10.2 Å². The number of nitrogens with two attached hydrogens (primary N) is 2. The van der Waals surface area contributed by atoms with Crippen LogP contribution in [0.25, 0.3) is 66.6 Å². The highest BCUT2D eigenvalue weighted by atomic mass is 35.5. The first-order chi connectivity index (χ1) is 30.0. The number of aromatic nitrogens is 10. The summed E-state index contributed by atoms with van der Waals surface area (Å²) < 4.78 is 3.60. The largest absolute Gasteiger partial charge is 0.366 e.